The zero-order valence-electron chi connectivity index (χ0n) is 20.6. The lowest BCUT2D eigenvalue weighted by molar-refractivity contribution is -0.169. The van der Waals surface area contributed by atoms with Gasteiger partial charge < -0.3 is 14.9 Å². The van der Waals surface area contributed by atoms with Gasteiger partial charge in [0.15, 0.2) is 0 Å². The van der Waals surface area contributed by atoms with E-state index in [-0.39, 0.29) is 29.0 Å². The van der Waals surface area contributed by atoms with Crippen LogP contribution in [0.4, 0.5) is 0 Å². The predicted octanol–water partition coefficient (Wildman–Crippen LogP) is 5.37. The van der Waals surface area contributed by atoms with Gasteiger partial charge in [0.2, 0.25) is 0 Å². The minimum absolute atomic E-state index is 0.120. The van der Waals surface area contributed by atoms with Crippen molar-refractivity contribution in [2.45, 2.75) is 98.2 Å². The Bertz CT molecular complexity index is 660. The average Bonchev–Trinajstić information content (AvgIpc) is 3.11. The van der Waals surface area contributed by atoms with Gasteiger partial charge in [0.05, 0.1) is 19.3 Å². The zero-order chi connectivity index (χ0) is 23.0. The summed E-state index contributed by atoms with van der Waals surface area (Å²) < 4.78 is 4.84. The Morgan fingerprint density at radius 3 is 2.45 bits per heavy atom. The number of carbonyl (C=O) groups excluding carboxylic acids is 1. The van der Waals surface area contributed by atoms with Crippen molar-refractivity contribution in [2.24, 2.45) is 46.3 Å². The van der Waals surface area contributed by atoms with Crippen molar-refractivity contribution in [1.82, 2.24) is 0 Å². The fourth-order valence-electron chi connectivity index (χ4n) is 8.15. The van der Waals surface area contributed by atoms with Crippen molar-refractivity contribution in [3.63, 3.8) is 0 Å². The summed E-state index contributed by atoms with van der Waals surface area (Å²) in [7, 11) is 1.46. The lowest BCUT2D eigenvalue weighted by atomic mass is 9.43. The molecule has 0 aromatic heterocycles. The van der Waals surface area contributed by atoms with Gasteiger partial charge in [-0.1, -0.05) is 46.8 Å². The van der Waals surface area contributed by atoms with E-state index < -0.39 is 0 Å². The lowest BCUT2D eigenvalue weighted by Crippen LogP contribution is -2.58. The largest absolute Gasteiger partial charge is 0.469 e. The average molecular weight is 435 g/mol. The number of ether oxygens (including phenoxy) is 1. The quantitative estimate of drug-likeness (QED) is 0.461. The molecule has 0 radical (unpaired) electrons. The number of carbonyl (C=O) groups is 1. The Kier molecular flexibility index (Phi) is 7.63. The van der Waals surface area contributed by atoms with Crippen LogP contribution in [0.5, 0.6) is 0 Å². The maximum atomic E-state index is 11.6. The van der Waals surface area contributed by atoms with Crippen LogP contribution in [0.2, 0.25) is 0 Å². The Morgan fingerprint density at radius 2 is 1.77 bits per heavy atom. The number of esters is 1. The summed E-state index contributed by atoms with van der Waals surface area (Å²) in [5, 5.41) is 21.5. The molecule has 3 fully saturated rings. The molecule has 4 aliphatic rings. The monoisotopic (exact) mass is 434 g/mol. The predicted molar refractivity (Wildman–Crippen MR) is 124 cm³/mol. The summed E-state index contributed by atoms with van der Waals surface area (Å²) in [6.07, 6.45) is 11.8. The van der Waals surface area contributed by atoms with Gasteiger partial charge in [-0.3, -0.25) is 4.79 Å². The normalized spacial score (nSPS) is 46.6. The minimum Gasteiger partial charge on any atom is -0.469 e. The fourth-order valence-corrected chi connectivity index (χ4v) is 8.15. The summed E-state index contributed by atoms with van der Waals surface area (Å²) in [5.41, 5.74) is 0.432. The highest BCUT2D eigenvalue weighted by atomic mass is 16.5. The van der Waals surface area contributed by atoms with E-state index in [0.29, 0.717) is 41.9 Å². The number of fused-ring (bicyclic) bond motifs is 5. The van der Waals surface area contributed by atoms with Crippen molar-refractivity contribution in [1.29, 1.82) is 0 Å². The molecule has 0 bridgehead atoms. The Balaban J connectivity index is 0.00000132. The Morgan fingerprint density at radius 1 is 1.10 bits per heavy atom. The van der Waals surface area contributed by atoms with Crippen LogP contribution in [-0.4, -0.2) is 35.5 Å². The lowest BCUT2D eigenvalue weighted by Gasteiger charge is -2.62. The second-order valence-corrected chi connectivity index (χ2v) is 11.2. The van der Waals surface area contributed by atoms with E-state index in [1.54, 1.807) is 0 Å². The molecule has 4 aliphatic carbocycles. The number of allylic oxidation sites excluding steroid dienone is 2. The third kappa shape index (κ3) is 4.24. The van der Waals surface area contributed by atoms with E-state index in [2.05, 4.69) is 32.9 Å². The van der Waals surface area contributed by atoms with Gasteiger partial charge in [-0.25, -0.2) is 0 Å². The van der Waals surface area contributed by atoms with Crippen molar-refractivity contribution >= 4 is 5.97 Å². The van der Waals surface area contributed by atoms with Crippen LogP contribution in [0.1, 0.15) is 86.0 Å². The molecule has 178 valence electrons. The van der Waals surface area contributed by atoms with Gasteiger partial charge in [0.1, 0.15) is 0 Å². The van der Waals surface area contributed by atoms with E-state index in [0.717, 1.165) is 32.1 Å². The highest BCUT2D eigenvalue weighted by molar-refractivity contribution is 5.69. The van der Waals surface area contributed by atoms with Crippen LogP contribution in [-0.2, 0) is 9.53 Å². The SMILES string of the molecule is CC.COC(=O)CC[C@@H](C)C1C=C[C@H]2[C@@H]3[C@@H](O)C[C@@H]4C[C@H](O)CC[C@]4(C)[C@H]3CC[C@]12C. The van der Waals surface area contributed by atoms with Gasteiger partial charge in [0.25, 0.3) is 0 Å². The van der Waals surface area contributed by atoms with Crippen LogP contribution in [0.15, 0.2) is 12.2 Å². The molecule has 0 spiro atoms. The fraction of sp³-hybridized carbons (Fsp3) is 0.889. The van der Waals surface area contributed by atoms with Crippen LogP contribution in [0.25, 0.3) is 0 Å². The van der Waals surface area contributed by atoms with Crippen LogP contribution in [0, 0.1) is 46.3 Å². The van der Waals surface area contributed by atoms with Crippen molar-refractivity contribution in [2.75, 3.05) is 7.11 Å². The van der Waals surface area contributed by atoms with Gasteiger partial charge in [-0.05, 0) is 91.3 Å². The molecule has 0 aromatic rings. The first-order valence-electron chi connectivity index (χ1n) is 12.8. The van der Waals surface area contributed by atoms with E-state index in [1.165, 1.54) is 20.0 Å². The maximum absolute atomic E-state index is 11.6. The smallest absolute Gasteiger partial charge is 0.305 e. The molecule has 0 saturated heterocycles. The molecule has 2 N–H and O–H groups in total. The number of hydrogen-bond donors (Lipinski definition) is 2. The molecular weight excluding hydrogens is 388 g/mol. The van der Waals surface area contributed by atoms with E-state index in [1.807, 2.05) is 13.8 Å². The van der Waals surface area contributed by atoms with Gasteiger partial charge in [-0.15, -0.1) is 0 Å². The summed E-state index contributed by atoms with van der Waals surface area (Å²) in [6.45, 7) is 11.2. The molecular formula is C27H46O4. The molecule has 0 aliphatic heterocycles. The van der Waals surface area contributed by atoms with E-state index >= 15 is 0 Å². The van der Waals surface area contributed by atoms with Crippen LogP contribution in [0.3, 0.4) is 0 Å². The number of aliphatic hydroxyl groups excluding tert-OH is 2. The summed E-state index contributed by atoms with van der Waals surface area (Å²) in [5.74, 6) is 2.54. The number of methoxy groups -OCH3 is 1. The maximum Gasteiger partial charge on any atom is 0.305 e. The minimum atomic E-state index is -0.262. The molecule has 0 heterocycles. The molecule has 4 heteroatoms. The summed E-state index contributed by atoms with van der Waals surface area (Å²) in [6, 6.07) is 0. The number of rotatable bonds is 4. The summed E-state index contributed by atoms with van der Waals surface area (Å²) in [4.78, 5) is 11.6. The molecule has 1 unspecified atom stereocenters. The molecule has 3 saturated carbocycles. The third-order valence-electron chi connectivity index (χ3n) is 9.89. The zero-order valence-corrected chi connectivity index (χ0v) is 20.6. The highest BCUT2D eigenvalue weighted by Gasteiger charge is 2.61. The van der Waals surface area contributed by atoms with Crippen molar-refractivity contribution < 1.29 is 19.7 Å². The number of hydrogen-bond acceptors (Lipinski definition) is 4. The Labute approximate surface area is 189 Å². The molecule has 0 aromatic carbocycles. The Hall–Kier alpha value is -0.870. The van der Waals surface area contributed by atoms with Gasteiger partial charge in [-0.2, -0.15) is 0 Å². The first kappa shape index (κ1) is 24.8. The molecule has 0 amide bonds. The first-order chi connectivity index (χ1) is 14.7. The van der Waals surface area contributed by atoms with Crippen molar-refractivity contribution in [3.8, 4) is 0 Å². The standard InChI is InChI=1S/C25H40O4.C2H6/c1-15(5-8-22(28)29-4)18-6-7-19-23-20(10-12-25(18,19)3)24(2)11-9-17(26)13-16(24)14-21(23)27;1-2/h6-7,15-21,23,26-27H,5,8-14H2,1-4H3;1-2H3/t15-,16+,17-,18?,19+,20+,21+,23+,24+,25-;/m1./s1. The number of aliphatic hydroxyl groups is 2. The topological polar surface area (TPSA) is 66.8 Å². The molecule has 4 nitrogen and oxygen atoms in total. The van der Waals surface area contributed by atoms with E-state index in [9.17, 15) is 15.0 Å². The van der Waals surface area contributed by atoms with Crippen LogP contribution >= 0.6 is 0 Å². The second kappa shape index (κ2) is 9.55. The van der Waals surface area contributed by atoms with E-state index in [4.69, 9.17) is 4.74 Å². The summed E-state index contributed by atoms with van der Waals surface area (Å²) >= 11 is 0. The van der Waals surface area contributed by atoms with Crippen LogP contribution < -0.4 is 0 Å². The third-order valence-corrected chi connectivity index (χ3v) is 9.89. The molecule has 31 heavy (non-hydrogen) atoms. The second-order valence-electron chi connectivity index (χ2n) is 11.2. The van der Waals surface area contributed by atoms with Gasteiger partial charge in [0, 0.05) is 6.42 Å². The molecule has 4 rings (SSSR count). The molecule has 10 atom stereocenters. The van der Waals surface area contributed by atoms with Crippen molar-refractivity contribution in [3.05, 3.63) is 12.2 Å². The highest BCUT2D eigenvalue weighted by Crippen LogP contribution is 2.66. The first-order valence-corrected chi connectivity index (χ1v) is 12.8. The van der Waals surface area contributed by atoms with Gasteiger partial charge >= 0.3 is 5.97 Å².